The number of aliphatic imine (C=N–C) groups is 1. The normalized spacial score (nSPS) is 16.2. The van der Waals surface area contributed by atoms with Crippen LogP contribution in [-0.2, 0) is 22.2 Å². The van der Waals surface area contributed by atoms with Crippen LogP contribution in [0.5, 0.6) is 0 Å². The topological polar surface area (TPSA) is 108 Å². The Balaban J connectivity index is 1.28. The monoisotopic (exact) mass is 445 g/mol. The van der Waals surface area contributed by atoms with Crippen LogP contribution in [0.25, 0.3) is 5.65 Å². The van der Waals surface area contributed by atoms with Gasteiger partial charge in [0, 0.05) is 64.7 Å². The predicted molar refractivity (Wildman–Crippen MR) is 117 cm³/mol. The summed E-state index contributed by atoms with van der Waals surface area (Å²) in [5.41, 5.74) is 3.56. The van der Waals surface area contributed by atoms with E-state index in [2.05, 4.69) is 33.4 Å². The minimum Gasteiger partial charge on any atom is -0.364 e. The molecule has 11 heteroatoms. The molecule has 3 aromatic rings. The van der Waals surface area contributed by atoms with Gasteiger partial charge in [0.05, 0.1) is 11.4 Å². The highest BCUT2D eigenvalue weighted by Crippen LogP contribution is 2.13. The number of fused-ring (bicyclic) bond motifs is 1. The number of imidazole rings is 1. The lowest BCUT2D eigenvalue weighted by atomic mass is 10.3. The second-order valence-corrected chi connectivity index (χ2v) is 9.48. The van der Waals surface area contributed by atoms with E-state index in [0.29, 0.717) is 38.4 Å². The van der Waals surface area contributed by atoms with Crippen LogP contribution in [0.15, 0.2) is 46.4 Å². The Morgan fingerprint density at radius 2 is 2.03 bits per heavy atom. The van der Waals surface area contributed by atoms with E-state index in [4.69, 9.17) is 9.51 Å². The molecule has 4 rings (SSSR count). The average molecular weight is 446 g/mol. The molecule has 1 saturated heterocycles. The fourth-order valence-corrected chi connectivity index (χ4v) is 5.15. The standard InChI is InChI=1S/C20H27N7O3S/c1-16-4-3-8-26-14-17(23-19(16)26)5-7-22-20(21-2)25-9-11-27(12-10-25)31(28,29)15-18-6-13-30-24-18/h3-4,6,8,13-14H,5,7,9-12,15H2,1-2H3,(H,21,22). The van der Waals surface area contributed by atoms with E-state index >= 15 is 0 Å². The van der Waals surface area contributed by atoms with Crippen molar-refractivity contribution < 1.29 is 12.9 Å². The fourth-order valence-electron chi connectivity index (χ4n) is 3.73. The number of piperazine rings is 1. The third-order valence-electron chi connectivity index (χ3n) is 5.36. The first-order valence-corrected chi connectivity index (χ1v) is 11.8. The van der Waals surface area contributed by atoms with E-state index in [9.17, 15) is 8.42 Å². The summed E-state index contributed by atoms with van der Waals surface area (Å²) in [6, 6.07) is 5.64. The molecule has 0 saturated carbocycles. The van der Waals surface area contributed by atoms with Crippen molar-refractivity contribution in [1.82, 2.24) is 29.1 Å². The van der Waals surface area contributed by atoms with Crippen molar-refractivity contribution in [2.75, 3.05) is 39.8 Å². The second-order valence-electron chi connectivity index (χ2n) is 7.51. The van der Waals surface area contributed by atoms with Gasteiger partial charge in [-0.25, -0.2) is 13.4 Å². The summed E-state index contributed by atoms with van der Waals surface area (Å²) in [6.45, 7) is 4.72. The summed E-state index contributed by atoms with van der Waals surface area (Å²) >= 11 is 0. The molecule has 0 bridgehead atoms. The smallest absolute Gasteiger partial charge is 0.220 e. The van der Waals surface area contributed by atoms with Gasteiger partial charge in [0.2, 0.25) is 10.0 Å². The molecule has 166 valence electrons. The van der Waals surface area contributed by atoms with E-state index in [0.717, 1.165) is 29.3 Å². The number of guanidine groups is 1. The number of sulfonamides is 1. The maximum absolute atomic E-state index is 12.6. The van der Waals surface area contributed by atoms with E-state index in [-0.39, 0.29) is 5.75 Å². The van der Waals surface area contributed by atoms with Crippen LogP contribution >= 0.6 is 0 Å². The summed E-state index contributed by atoms with van der Waals surface area (Å²) in [4.78, 5) is 11.1. The molecular formula is C20H27N7O3S. The van der Waals surface area contributed by atoms with Crippen LogP contribution < -0.4 is 5.32 Å². The molecule has 1 fully saturated rings. The molecule has 4 heterocycles. The molecule has 10 nitrogen and oxygen atoms in total. The third kappa shape index (κ3) is 4.88. The molecule has 1 aliphatic rings. The Morgan fingerprint density at radius 1 is 1.23 bits per heavy atom. The summed E-state index contributed by atoms with van der Waals surface area (Å²) < 4.78 is 33.5. The molecule has 0 unspecified atom stereocenters. The molecule has 0 aliphatic carbocycles. The van der Waals surface area contributed by atoms with Gasteiger partial charge < -0.3 is 19.1 Å². The molecule has 0 radical (unpaired) electrons. The number of aryl methyl sites for hydroxylation is 1. The fraction of sp³-hybridized carbons (Fsp3) is 0.450. The van der Waals surface area contributed by atoms with Gasteiger partial charge in [0.15, 0.2) is 5.96 Å². The average Bonchev–Trinajstić information content (AvgIpc) is 3.41. The van der Waals surface area contributed by atoms with Crippen molar-refractivity contribution >= 4 is 21.6 Å². The maximum Gasteiger partial charge on any atom is 0.220 e. The number of hydrogen-bond donors (Lipinski definition) is 1. The summed E-state index contributed by atoms with van der Waals surface area (Å²) in [7, 11) is -1.68. The Hall–Kier alpha value is -2.92. The molecule has 0 amide bonds. The van der Waals surface area contributed by atoms with Crippen LogP contribution in [0.2, 0.25) is 0 Å². The van der Waals surface area contributed by atoms with Crippen molar-refractivity contribution in [2.45, 2.75) is 19.1 Å². The van der Waals surface area contributed by atoms with Crippen LogP contribution in [0, 0.1) is 6.92 Å². The number of nitrogens with one attached hydrogen (secondary N) is 1. The molecule has 3 aromatic heterocycles. The van der Waals surface area contributed by atoms with Gasteiger partial charge in [-0.2, -0.15) is 4.31 Å². The summed E-state index contributed by atoms with van der Waals surface area (Å²) in [5.74, 6) is 0.628. The van der Waals surface area contributed by atoms with Crippen LogP contribution in [0.3, 0.4) is 0 Å². The molecule has 1 aliphatic heterocycles. The third-order valence-corrected chi connectivity index (χ3v) is 7.17. The van der Waals surface area contributed by atoms with Crippen LogP contribution in [-0.4, -0.2) is 77.9 Å². The number of nitrogens with zero attached hydrogens (tertiary/aromatic N) is 6. The minimum atomic E-state index is -3.42. The van der Waals surface area contributed by atoms with Crippen molar-refractivity contribution in [3.05, 3.63) is 53.8 Å². The molecule has 0 aromatic carbocycles. The molecular weight excluding hydrogens is 418 g/mol. The Bertz CT molecular complexity index is 1150. The number of pyridine rings is 1. The Labute approximate surface area is 181 Å². The summed E-state index contributed by atoms with van der Waals surface area (Å²) in [5, 5.41) is 7.08. The minimum absolute atomic E-state index is 0.144. The van der Waals surface area contributed by atoms with Gasteiger partial charge in [-0.15, -0.1) is 0 Å². The van der Waals surface area contributed by atoms with Gasteiger partial charge in [-0.1, -0.05) is 11.2 Å². The lowest BCUT2D eigenvalue weighted by molar-refractivity contribution is 0.260. The van der Waals surface area contributed by atoms with E-state index in [1.165, 1.54) is 10.6 Å². The summed E-state index contributed by atoms with van der Waals surface area (Å²) in [6.07, 6.45) is 6.20. The first-order chi connectivity index (χ1) is 15.0. The van der Waals surface area contributed by atoms with E-state index in [1.54, 1.807) is 13.1 Å². The highest BCUT2D eigenvalue weighted by atomic mass is 32.2. The molecule has 0 spiro atoms. The van der Waals surface area contributed by atoms with Gasteiger partial charge in [0.1, 0.15) is 17.7 Å². The zero-order valence-corrected chi connectivity index (χ0v) is 18.5. The van der Waals surface area contributed by atoms with Crippen LogP contribution in [0.4, 0.5) is 0 Å². The van der Waals surface area contributed by atoms with Crippen molar-refractivity contribution in [1.29, 1.82) is 0 Å². The van der Waals surface area contributed by atoms with Crippen molar-refractivity contribution in [2.24, 2.45) is 4.99 Å². The number of aromatic nitrogens is 3. The highest BCUT2D eigenvalue weighted by molar-refractivity contribution is 7.88. The zero-order chi connectivity index (χ0) is 21.8. The molecule has 1 N–H and O–H groups in total. The van der Waals surface area contributed by atoms with Crippen molar-refractivity contribution in [3.63, 3.8) is 0 Å². The van der Waals surface area contributed by atoms with Gasteiger partial charge >= 0.3 is 0 Å². The largest absolute Gasteiger partial charge is 0.364 e. The first-order valence-electron chi connectivity index (χ1n) is 10.2. The first kappa shape index (κ1) is 21.3. The van der Waals surface area contributed by atoms with Gasteiger partial charge in [-0.3, -0.25) is 4.99 Å². The number of hydrogen-bond acceptors (Lipinski definition) is 6. The highest BCUT2D eigenvalue weighted by Gasteiger charge is 2.28. The SMILES string of the molecule is CN=C(NCCc1cn2cccc(C)c2n1)N1CCN(S(=O)(=O)Cc2ccon2)CC1. The van der Waals surface area contributed by atoms with E-state index in [1.807, 2.05) is 22.9 Å². The second kappa shape index (κ2) is 9.06. The molecule has 31 heavy (non-hydrogen) atoms. The Kier molecular flexibility index (Phi) is 6.23. The zero-order valence-electron chi connectivity index (χ0n) is 17.7. The lowest BCUT2D eigenvalue weighted by Crippen LogP contribution is -2.54. The Morgan fingerprint density at radius 3 is 2.71 bits per heavy atom. The maximum atomic E-state index is 12.6. The van der Waals surface area contributed by atoms with E-state index < -0.39 is 10.0 Å². The predicted octanol–water partition coefficient (Wildman–Crippen LogP) is 0.896. The quantitative estimate of drug-likeness (QED) is 0.443. The van der Waals surface area contributed by atoms with Crippen molar-refractivity contribution in [3.8, 4) is 0 Å². The van der Waals surface area contributed by atoms with Crippen LogP contribution in [0.1, 0.15) is 17.0 Å². The lowest BCUT2D eigenvalue weighted by Gasteiger charge is -2.35. The molecule has 0 atom stereocenters. The number of rotatable bonds is 6. The van der Waals surface area contributed by atoms with Gasteiger partial charge in [0.25, 0.3) is 0 Å². The van der Waals surface area contributed by atoms with Gasteiger partial charge in [-0.05, 0) is 18.6 Å².